The third-order valence-corrected chi connectivity index (χ3v) is 6.38. The molecular weight excluding hydrogens is 442 g/mol. The van der Waals surface area contributed by atoms with Crippen LogP contribution in [0.2, 0.25) is 0 Å². The standard InChI is InChI=1S/C27H29N5O3/c1-2-35-25(33)18-32-24-12-13-31(16-20-15-28-23-11-7-6-10-21(20)23)17-22(24)26(30-32)27(34)29-14-19-8-4-3-5-9-19/h3-11,15,28H,2,12-14,16-18H2,1H3,(H,29,34). The molecule has 0 radical (unpaired) electrons. The normalized spacial score (nSPS) is 13.5. The summed E-state index contributed by atoms with van der Waals surface area (Å²) in [5.41, 5.74) is 5.54. The van der Waals surface area contributed by atoms with Gasteiger partial charge in [-0.25, -0.2) is 0 Å². The van der Waals surface area contributed by atoms with E-state index < -0.39 is 0 Å². The van der Waals surface area contributed by atoms with Gasteiger partial charge in [-0.15, -0.1) is 0 Å². The smallest absolute Gasteiger partial charge is 0.327 e. The van der Waals surface area contributed by atoms with E-state index in [2.05, 4.69) is 38.6 Å². The van der Waals surface area contributed by atoms with Gasteiger partial charge in [0.1, 0.15) is 6.54 Å². The predicted molar refractivity (Wildman–Crippen MR) is 133 cm³/mol. The van der Waals surface area contributed by atoms with Crippen LogP contribution in [0.1, 0.15) is 39.8 Å². The Bertz CT molecular complexity index is 1340. The van der Waals surface area contributed by atoms with Gasteiger partial charge >= 0.3 is 5.97 Å². The molecule has 0 aliphatic carbocycles. The maximum absolute atomic E-state index is 13.2. The van der Waals surface area contributed by atoms with E-state index in [4.69, 9.17) is 4.74 Å². The Morgan fingerprint density at radius 3 is 2.74 bits per heavy atom. The lowest BCUT2D eigenvalue weighted by Gasteiger charge is -2.27. The Morgan fingerprint density at radius 2 is 1.91 bits per heavy atom. The van der Waals surface area contributed by atoms with Gasteiger partial charge in [0.05, 0.1) is 6.61 Å². The Morgan fingerprint density at radius 1 is 1.11 bits per heavy atom. The molecule has 0 bridgehead atoms. The maximum Gasteiger partial charge on any atom is 0.327 e. The molecule has 0 atom stereocenters. The number of carbonyl (C=O) groups is 2. The van der Waals surface area contributed by atoms with E-state index in [0.717, 1.165) is 35.4 Å². The van der Waals surface area contributed by atoms with E-state index in [9.17, 15) is 9.59 Å². The van der Waals surface area contributed by atoms with E-state index in [1.165, 1.54) is 10.9 Å². The topological polar surface area (TPSA) is 92.2 Å². The van der Waals surface area contributed by atoms with Gasteiger partial charge in [0.15, 0.2) is 5.69 Å². The number of hydrogen-bond acceptors (Lipinski definition) is 5. The van der Waals surface area contributed by atoms with Crippen LogP contribution in [0.15, 0.2) is 60.8 Å². The van der Waals surface area contributed by atoms with E-state index in [1.54, 1.807) is 11.6 Å². The average Bonchev–Trinajstić information content (AvgIpc) is 3.45. The molecule has 1 amide bonds. The van der Waals surface area contributed by atoms with Gasteiger partial charge in [-0.1, -0.05) is 48.5 Å². The SMILES string of the molecule is CCOC(=O)Cn1nc(C(=O)NCc2ccccc2)c2c1CCN(Cc1c[nH]c3ccccc13)C2. The summed E-state index contributed by atoms with van der Waals surface area (Å²) < 4.78 is 6.78. The lowest BCUT2D eigenvalue weighted by atomic mass is 10.0. The third kappa shape index (κ3) is 4.97. The molecule has 8 nitrogen and oxygen atoms in total. The summed E-state index contributed by atoms with van der Waals surface area (Å²) in [6.45, 7) is 4.67. The first-order valence-corrected chi connectivity index (χ1v) is 12.0. The molecule has 2 aromatic carbocycles. The molecule has 0 spiro atoms. The Labute approximate surface area is 203 Å². The van der Waals surface area contributed by atoms with E-state index in [1.807, 2.05) is 42.5 Å². The minimum absolute atomic E-state index is 0.00455. The molecule has 0 saturated heterocycles. The predicted octanol–water partition coefficient (Wildman–Crippen LogP) is 3.42. The van der Waals surface area contributed by atoms with Crippen molar-refractivity contribution < 1.29 is 14.3 Å². The van der Waals surface area contributed by atoms with Crippen LogP contribution in [-0.4, -0.2) is 44.7 Å². The molecule has 1 aliphatic heterocycles. The highest BCUT2D eigenvalue weighted by atomic mass is 16.5. The second kappa shape index (κ2) is 10.1. The second-order valence-corrected chi connectivity index (χ2v) is 8.72. The zero-order valence-electron chi connectivity index (χ0n) is 19.8. The van der Waals surface area contributed by atoms with Gasteiger partial charge in [0.25, 0.3) is 5.91 Å². The number of amides is 1. The second-order valence-electron chi connectivity index (χ2n) is 8.72. The van der Waals surface area contributed by atoms with Crippen LogP contribution in [0.25, 0.3) is 10.9 Å². The number of nitrogens with one attached hydrogen (secondary N) is 2. The first-order chi connectivity index (χ1) is 17.1. The number of H-pyrrole nitrogens is 1. The van der Waals surface area contributed by atoms with Crippen molar-refractivity contribution in [2.45, 2.75) is 39.5 Å². The van der Waals surface area contributed by atoms with Crippen molar-refractivity contribution in [2.75, 3.05) is 13.2 Å². The number of rotatable bonds is 8. The monoisotopic (exact) mass is 471 g/mol. The van der Waals surface area contributed by atoms with Gasteiger partial charge in [-0.3, -0.25) is 19.2 Å². The fourth-order valence-corrected chi connectivity index (χ4v) is 4.69. The van der Waals surface area contributed by atoms with Crippen molar-refractivity contribution >= 4 is 22.8 Å². The fourth-order valence-electron chi connectivity index (χ4n) is 4.69. The van der Waals surface area contributed by atoms with Crippen LogP contribution in [0, 0.1) is 0 Å². The zero-order chi connectivity index (χ0) is 24.2. The number of fused-ring (bicyclic) bond motifs is 2. The van der Waals surface area contributed by atoms with E-state index in [-0.39, 0.29) is 18.4 Å². The molecule has 0 unspecified atom stereocenters. The van der Waals surface area contributed by atoms with Crippen molar-refractivity contribution in [1.82, 2.24) is 25.0 Å². The van der Waals surface area contributed by atoms with Crippen LogP contribution in [-0.2, 0) is 42.1 Å². The van der Waals surface area contributed by atoms with Crippen molar-refractivity contribution in [3.8, 4) is 0 Å². The summed E-state index contributed by atoms with van der Waals surface area (Å²) in [5, 5.41) is 8.77. The van der Waals surface area contributed by atoms with Crippen molar-refractivity contribution in [2.24, 2.45) is 0 Å². The number of esters is 1. The maximum atomic E-state index is 13.2. The lowest BCUT2D eigenvalue weighted by molar-refractivity contribution is -0.144. The van der Waals surface area contributed by atoms with Gasteiger partial charge < -0.3 is 15.0 Å². The largest absolute Gasteiger partial charge is 0.465 e. The van der Waals surface area contributed by atoms with Gasteiger partial charge in [0, 0.05) is 61.0 Å². The molecule has 0 saturated carbocycles. The van der Waals surface area contributed by atoms with Crippen molar-refractivity contribution in [3.05, 3.63) is 88.9 Å². The van der Waals surface area contributed by atoms with Gasteiger partial charge in [-0.05, 0) is 24.1 Å². The summed E-state index contributed by atoms with van der Waals surface area (Å²) in [6.07, 6.45) is 2.76. The lowest BCUT2D eigenvalue weighted by Crippen LogP contribution is -2.32. The van der Waals surface area contributed by atoms with E-state index in [0.29, 0.717) is 31.8 Å². The Balaban J connectivity index is 1.38. The van der Waals surface area contributed by atoms with Crippen LogP contribution in [0.3, 0.4) is 0 Å². The first kappa shape index (κ1) is 22.9. The fraction of sp³-hybridized carbons (Fsp3) is 0.296. The highest BCUT2D eigenvalue weighted by molar-refractivity contribution is 5.94. The van der Waals surface area contributed by atoms with Gasteiger partial charge in [0.2, 0.25) is 0 Å². The van der Waals surface area contributed by atoms with E-state index >= 15 is 0 Å². The molecular formula is C27H29N5O3. The number of aromatic nitrogens is 3. The van der Waals surface area contributed by atoms with Crippen LogP contribution in [0.5, 0.6) is 0 Å². The van der Waals surface area contributed by atoms with Crippen molar-refractivity contribution in [1.29, 1.82) is 0 Å². The molecule has 0 fully saturated rings. The number of benzene rings is 2. The van der Waals surface area contributed by atoms with Gasteiger partial charge in [-0.2, -0.15) is 5.10 Å². The molecule has 1 aliphatic rings. The molecule has 8 heteroatoms. The molecule has 180 valence electrons. The highest BCUT2D eigenvalue weighted by Gasteiger charge is 2.29. The molecule has 3 heterocycles. The minimum Gasteiger partial charge on any atom is -0.465 e. The van der Waals surface area contributed by atoms with Crippen molar-refractivity contribution in [3.63, 3.8) is 0 Å². The Kier molecular flexibility index (Phi) is 6.63. The molecule has 2 N–H and O–H groups in total. The summed E-state index contributed by atoms with van der Waals surface area (Å²) in [5.74, 6) is -0.586. The van der Waals surface area contributed by atoms with Crippen LogP contribution >= 0.6 is 0 Å². The molecule has 4 aromatic rings. The zero-order valence-corrected chi connectivity index (χ0v) is 19.8. The number of aromatic amines is 1. The molecule has 5 rings (SSSR count). The number of hydrogen-bond donors (Lipinski definition) is 2. The summed E-state index contributed by atoms with van der Waals surface area (Å²) in [6, 6.07) is 18.0. The summed E-state index contributed by atoms with van der Waals surface area (Å²) >= 11 is 0. The number of nitrogens with zero attached hydrogens (tertiary/aromatic N) is 3. The summed E-state index contributed by atoms with van der Waals surface area (Å²) in [4.78, 5) is 31.0. The number of ether oxygens (including phenoxy) is 1. The number of para-hydroxylation sites is 1. The highest BCUT2D eigenvalue weighted by Crippen LogP contribution is 2.26. The van der Waals surface area contributed by atoms with Crippen LogP contribution in [0.4, 0.5) is 0 Å². The quantitative estimate of drug-likeness (QED) is 0.384. The third-order valence-electron chi connectivity index (χ3n) is 6.38. The molecule has 35 heavy (non-hydrogen) atoms. The van der Waals surface area contributed by atoms with Crippen LogP contribution < -0.4 is 5.32 Å². The number of carbonyl (C=O) groups excluding carboxylic acids is 2. The summed E-state index contributed by atoms with van der Waals surface area (Å²) in [7, 11) is 0. The molecule has 2 aromatic heterocycles. The average molecular weight is 472 g/mol. The Hall–Kier alpha value is -3.91. The minimum atomic E-state index is -0.352. The first-order valence-electron chi connectivity index (χ1n) is 12.0.